The molecule has 1 amide bonds. The number of carbonyl (C=O) groups excluding carboxylic acids is 1. The summed E-state index contributed by atoms with van der Waals surface area (Å²) in [4.78, 5) is 26.2. The van der Waals surface area contributed by atoms with Gasteiger partial charge in [-0.3, -0.25) is 4.79 Å². The van der Waals surface area contributed by atoms with Crippen LogP contribution in [0.25, 0.3) is 5.69 Å². The lowest BCUT2D eigenvalue weighted by molar-refractivity contribution is -0.137. The van der Waals surface area contributed by atoms with Crippen LogP contribution in [0.3, 0.4) is 0 Å². The van der Waals surface area contributed by atoms with Crippen molar-refractivity contribution >= 4 is 11.7 Å². The second kappa shape index (κ2) is 9.55. The Morgan fingerprint density at radius 3 is 2.43 bits per heavy atom. The normalized spacial score (nSPS) is 14.5. The molecule has 0 atom stereocenters. The van der Waals surface area contributed by atoms with Crippen molar-refractivity contribution in [3.63, 3.8) is 0 Å². The maximum absolute atomic E-state index is 13.2. The van der Waals surface area contributed by atoms with E-state index in [1.807, 2.05) is 26.8 Å². The number of nitrogens with zero attached hydrogens (tertiary/aromatic N) is 6. The van der Waals surface area contributed by atoms with E-state index in [1.54, 1.807) is 4.90 Å². The van der Waals surface area contributed by atoms with E-state index in [4.69, 9.17) is 4.74 Å². The van der Waals surface area contributed by atoms with Crippen molar-refractivity contribution in [2.24, 2.45) is 0 Å². The number of benzene rings is 1. The van der Waals surface area contributed by atoms with Crippen LogP contribution >= 0.6 is 0 Å². The number of aryl methyl sites for hydroxylation is 1. The Morgan fingerprint density at radius 2 is 1.80 bits per heavy atom. The molecule has 3 aromatic rings. The predicted molar refractivity (Wildman–Crippen MR) is 124 cm³/mol. The van der Waals surface area contributed by atoms with Crippen LogP contribution < -0.4 is 9.64 Å². The highest BCUT2D eigenvalue weighted by atomic mass is 19.4. The first kappa shape index (κ1) is 24.5. The van der Waals surface area contributed by atoms with Gasteiger partial charge in [-0.25, -0.2) is 14.6 Å². The number of alkyl halides is 3. The van der Waals surface area contributed by atoms with Gasteiger partial charge in [0.25, 0.3) is 5.91 Å². The summed E-state index contributed by atoms with van der Waals surface area (Å²) in [5.74, 6) is 1.68. The van der Waals surface area contributed by atoms with E-state index >= 15 is 0 Å². The standard InChI is InChI=1S/C24H27F3N6O2/c1-15(2)22-28-16(3)12-20(29-22)31-8-10-32(11-9-31)23(34)21-19(35-4)14-33(30-21)18-7-5-6-17(13-18)24(25,26)27/h5-7,12-15H,8-11H2,1-4H3. The number of carbonyl (C=O) groups is 1. The van der Waals surface area contributed by atoms with E-state index in [-0.39, 0.29) is 29.0 Å². The number of ether oxygens (including phenoxy) is 1. The van der Waals surface area contributed by atoms with E-state index in [0.29, 0.717) is 26.2 Å². The molecule has 11 heteroatoms. The average Bonchev–Trinajstić information content (AvgIpc) is 3.27. The molecule has 0 spiro atoms. The van der Waals surface area contributed by atoms with Gasteiger partial charge in [0, 0.05) is 43.9 Å². The van der Waals surface area contributed by atoms with E-state index in [9.17, 15) is 18.0 Å². The van der Waals surface area contributed by atoms with E-state index in [1.165, 1.54) is 30.1 Å². The van der Waals surface area contributed by atoms with Gasteiger partial charge in [-0.1, -0.05) is 19.9 Å². The lowest BCUT2D eigenvalue weighted by Gasteiger charge is -2.35. The highest BCUT2D eigenvalue weighted by Gasteiger charge is 2.31. The van der Waals surface area contributed by atoms with Crippen LogP contribution in [-0.4, -0.2) is 63.8 Å². The highest BCUT2D eigenvalue weighted by molar-refractivity contribution is 5.95. The summed E-state index contributed by atoms with van der Waals surface area (Å²) in [5.41, 5.74) is 0.330. The number of amides is 1. The quantitative estimate of drug-likeness (QED) is 0.539. The first-order valence-corrected chi connectivity index (χ1v) is 11.3. The van der Waals surface area contributed by atoms with E-state index in [0.717, 1.165) is 29.5 Å². The van der Waals surface area contributed by atoms with Gasteiger partial charge in [-0.2, -0.15) is 18.3 Å². The molecule has 0 aliphatic carbocycles. The van der Waals surface area contributed by atoms with Gasteiger partial charge in [-0.05, 0) is 25.1 Å². The SMILES string of the molecule is COc1cn(-c2cccc(C(F)(F)F)c2)nc1C(=O)N1CCN(c2cc(C)nc(C(C)C)n2)CC1. The Morgan fingerprint density at radius 1 is 1.09 bits per heavy atom. The molecule has 4 rings (SSSR count). The molecular formula is C24H27F3N6O2. The van der Waals surface area contributed by atoms with Crippen molar-refractivity contribution in [1.29, 1.82) is 0 Å². The van der Waals surface area contributed by atoms with Crippen LogP contribution in [0.4, 0.5) is 19.0 Å². The summed E-state index contributed by atoms with van der Waals surface area (Å²) in [6.07, 6.45) is -3.07. The van der Waals surface area contributed by atoms with Gasteiger partial charge in [0.1, 0.15) is 11.6 Å². The third-order valence-corrected chi connectivity index (χ3v) is 5.81. The minimum absolute atomic E-state index is 0.0540. The zero-order chi connectivity index (χ0) is 25.3. The largest absolute Gasteiger partial charge is 0.493 e. The topological polar surface area (TPSA) is 76.4 Å². The molecule has 0 saturated carbocycles. The van der Waals surface area contributed by atoms with Crippen LogP contribution in [0.5, 0.6) is 5.75 Å². The van der Waals surface area contributed by atoms with E-state index < -0.39 is 11.7 Å². The fourth-order valence-corrected chi connectivity index (χ4v) is 3.90. The molecule has 2 aromatic heterocycles. The molecule has 1 fully saturated rings. The number of hydrogen-bond donors (Lipinski definition) is 0. The van der Waals surface area contributed by atoms with Crippen molar-refractivity contribution in [2.45, 2.75) is 32.9 Å². The summed E-state index contributed by atoms with van der Waals surface area (Å²) >= 11 is 0. The summed E-state index contributed by atoms with van der Waals surface area (Å²) in [6, 6.07) is 6.69. The lowest BCUT2D eigenvalue weighted by Crippen LogP contribution is -2.49. The zero-order valence-electron chi connectivity index (χ0n) is 20.0. The molecule has 0 unspecified atom stereocenters. The van der Waals surface area contributed by atoms with Crippen molar-refractivity contribution in [1.82, 2.24) is 24.6 Å². The Kier molecular flexibility index (Phi) is 6.68. The lowest BCUT2D eigenvalue weighted by atomic mass is 10.2. The molecule has 0 radical (unpaired) electrons. The molecule has 3 heterocycles. The first-order chi connectivity index (χ1) is 16.6. The monoisotopic (exact) mass is 488 g/mol. The Labute approximate surface area is 201 Å². The Bertz CT molecular complexity index is 1220. The fourth-order valence-electron chi connectivity index (χ4n) is 3.90. The van der Waals surface area contributed by atoms with Gasteiger partial charge in [0.2, 0.25) is 0 Å². The first-order valence-electron chi connectivity index (χ1n) is 11.3. The van der Waals surface area contributed by atoms with Gasteiger partial charge < -0.3 is 14.5 Å². The maximum atomic E-state index is 13.2. The zero-order valence-corrected chi connectivity index (χ0v) is 20.0. The van der Waals surface area contributed by atoms with Gasteiger partial charge in [0.05, 0.1) is 24.6 Å². The van der Waals surface area contributed by atoms with Crippen LogP contribution in [-0.2, 0) is 6.18 Å². The van der Waals surface area contributed by atoms with E-state index in [2.05, 4.69) is 20.0 Å². The molecular weight excluding hydrogens is 461 g/mol. The molecule has 1 saturated heterocycles. The molecule has 186 valence electrons. The fraction of sp³-hybridized carbons (Fsp3) is 0.417. The number of hydrogen-bond acceptors (Lipinski definition) is 6. The molecule has 1 aliphatic rings. The minimum Gasteiger partial charge on any atom is -0.493 e. The number of methoxy groups -OCH3 is 1. The van der Waals surface area contributed by atoms with Crippen molar-refractivity contribution < 1.29 is 22.7 Å². The van der Waals surface area contributed by atoms with Crippen LogP contribution in [0.15, 0.2) is 36.5 Å². The maximum Gasteiger partial charge on any atom is 0.416 e. The van der Waals surface area contributed by atoms with Crippen LogP contribution in [0.1, 0.15) is 47.3 Å². The second-order valence-corrected chi connectivity index (χ2v) is 8.70. The number of anilines is 1. The average molecular weight is 489 g/mol. The molecule has 0 bridgehead atoms. The van der Waals surface area contributed by atoms with Crippen molar-refractivity contribution in [2.75, 3.05) is 38.2 Å². The Balaban J connectivity index is 1.51. The van der Waals surface area contributed by atoms with Crippen molar-refractivity contribution in [3.8, 4) is 11.4 Å². The smallest absolute Gasteiger partial charge is 0.416 e. The molecule has 0 N–H and O–H groups in total. The summed E-state index contributed by atoms with van der Waals surface area (Å²) in [6.45, 7) is 8.07. The number of rotatable bonds is 5. The third-order valence-electron chi connectivity index (χ3n) is 5.81. The molecule has 1 aromatic carbocycles. The predicted octanol–water partition coefficient (Wildman–Crippen LogP) is 4.08. The second-order valence-electron chi connectivity index (χ2n) is 8.70. The Hall–Kier alpha value is -3.63. The highest BCUT2D eigenvalue weighted by Crippen LogP contribution is 2.31. The van der Waals surface area contributed by atoms with Crippen LogP contribution in [0.2, 0.25) is 0 Å². The third kappa shape index (κ3) is 5.23. The summed E-state index contributed by atoms with van der Waals surface area (Å²) in [5, 5.41) is 4.27. The van der Waals surface area contributed by atoms with Crippen LogP contribution in [0, 0.1) is 6.92 Å². The van der Waals surface area contributed by atoms with Crippen molar-refractivity contribution in [3.05, 3.63) is 59.3 Å². The van der Waals surface area contributed by atoms with Gasteiger partial charge >= 0.3 is 6.18 Å². The molecule has 35 heavy (non-hydrogen) atoms. The summed E-state index contributed by atoms with van der Waals surface area (Å²) in [7, 11) is 1.39. The number of halogens is 3. The number of aromatic nitrogens is 4. The molecule has 1 aliphatic heterocycles. The number of piperazine rings is 1. The van der Waals surface area contributed by atoms with Gasteiger partial charge in [-0.15, -0.1) is 0 Å². The minimum atomic E-state index is -4.48. The molecule has 8 nitrogen and oxygen atoms in total. The summed E-state index contributed by atoms with van der Waals surface area (Å²) < 4.78 is 45.9. The van der Waals surface area contributed by atoms with Gasteiger partial charge in [0.15, 0.2) is 11.4 Å².